The van der Waals surface area contributed by atoms with Crippen molar-refractivity contribution in [3.63, 3.8) is 0 Å². The summed E-state index contributed by atoms with van der Waals surface area (Å²) >= 11 is 6.25. The quantitative estimate of drug-likeness (QED) is 0.173. The number of rotatable bonds is 10. The zero-order valence-electron chi connectivity index (χ0n) is 22.6. The van der Waals surface area contributed by atoms with Crippen molar-refractivity contribution in [3.05, 3.63) is 51.9 Å². The van der Waals surface area contributed by atoms with Crippen LogP contribution in [0.5, 0.6) is 5.75 Å². The van der Waals surface area contributed by atoms with Gasteiger partial charge < -0.3 is 34.8 Å². The molecule has 42 heavy (non-hydrogen) atoms. The molecule has 2 aliphatic heterocycles. The number of carbonyl (C=O) groups excluding carboxylic acids is 1. The first-order valence-corrected chi connectivity index (χ1v) is 13.6. The van der Waals surface area contributed by atoms with Crippen molar-refractivity contribution >= 4 is 40.5 Å². The monoisotopic (exact) mass is 600 g/mol. The second-order valence-electron chi connectivity index (χ2n) is 9.73. The van der Waals surface area contributed by atoms with E-state index < -0.39 is 30.4 Å². The molecule has 2 fully saturated rings. The number of imidazole rings is 1. The van der Waals surface area contributed by atoms with Gasteiger partial charge in [-0.3, -0.25) is 9.36 Å². The molecular formula is C25H29ClN10O6. The number of likely N-dealkylation sites (N-methyl/N-ethyl adjacent to an activating group) is 1. The lowest BCUT2D eigenvalue weighted by Crippen LogP contribution is -2.49. The van der Waals surface area contributed by atoms with Crippen molar-refractivity contribution in [1.82, 2.24) is 29.3 Å². The van der Waals surface area contributed by atoms with Crippen LogP contribution in [-0.4, -0.2) is 109 Å². The third-order valence-corrected chi connectivity index (χ3v) is 7.53. The number of amides is 1. The number of fused-ring (bicyclic) bond motifs is 1. The average Bonchev–Trinajstić information content (AvgIpc) is 3.57. The number of nitrogens with zero attached hydrogens (tertiary/aromatic N) is 9. The number of piperazine rings is 1. The van der Waals surface area contributed by atoms with Crippen LogP contribution in [0.15, 0.2) is 36.0 Å². The Balaban J connectivity index is 1.29. The molecule has 1 aromatic carbocycles. The van der Waals surface area contributed by atoms with Crippen LogP contribution in [-0.2, 0) is 20.9 Å². The van der Waals surface area contributed by atoms with Crippen molar-refractivity contribution in [2.45, 2.75) is 37.9 Å². The standard InChI is InChI=1S/C25H29ClN10O6/c1-2-34-5-7-35(8-6-34)17(37)11-41-16-4-3-15(26)9-14(16)10-28-22-19-23(30-12-29-22)36(13-31-19)24-20(38)18(32-33-27)21(42-24)25(39)40/h3-4,9,12-13,18,20-21,24,38H,2,5-8,10-11H2,1H3,(H,39,40)(H,28,29,30). The minimum Gasteiger partial charge on any atom is -0.483 e. The van der Waals surface area contributed by atoms with E-state index in [1.165, 1.54) is 17.2 Å². The molecular weight excluding hydrogens is 572 g/mol. The minimum absolute atomic E-state index is 0.0909. The number of nitrogens with one attached hydrogen (secondary N) is 1. The fourth-order valence-electron chi connectivity index (χ4n) is 5.00. The maximum absolute atomic E-state index is 12.7. The number of aromatic nitrogens is 4. The second-order valence-corrected chi connectivity index (χ2v) is 10.2. The van der Waals surface area contributed by atoms with E-state index in [1.54, 1.807) is 23.1 Å². The number of aliphatic hydroxyl groups excluding tert-OH is 1. The van der Waals surface area contributed by atoms with E-state index in [0.717, 1.165) is 19.6 Å². The zero-order valence-corrected chi connectivity index (χ0v) is 23.3. The van der Waals surface area contributed by atoms with Crippen LogP contribution in [0.4, 0.5) is 5.82 Å². The van der Waals surface area contributed by atoms with Crippen LogP contribution in [0.3, 0.4) is 0 Å². The van der Waals surface area contributed by atoms with Gasteiger partial charge in [-0.05, 0) is 30.3 Å². The fraction of sp³-hybridized carbons (Fsp3) is 0.480. The van der Waals surface area contributed by atoms with Gasteiger partial charge in [0.25, 0.3) is 5.91 Å². The summed E-state index contributed by atoms with van der Waals surface area (Å²) in [6.45, 7) is 6.15. The van der Waals surface area contributed by atoms with Gasteiger partial charge in [0.1, 0.15) is 24.2 Å². The van der Waals surface area contributed by atoms with Crippen LogP contribution in [0.25, 0.3) is 21.6 Å². The SMILES string of the molecule is CCN1CCN(C(=O)COc2ccc(Cl)cc2CNc2ncnc3c2ncn3C2OC(C(=O)O)C(N=[N+]=[N-])C2O)CC1. The highest BCUT2D eigenvalue weighted by Gasteiger charge is 2.48. The van der Waals surface area contributed by atoms with Crippen molar-refractivity contribution in [1.29, 1.82) is 0 Å². The molecule has 2 aromatic heterocycles. The maximum Gasteiger partial charge on any atom is 0.333 e. The Morgan fingerprint density at radius 2 is 2.05 bits per heavy atom. The summed E-state index contributed by atoms with van der Waals surface area (Å²) in [5, 5.41) is 27.2. The van der Waals surface area contributed by atoms with Gasteiger partial charge in [-0.15, -0.1) is 0 Å². The first-order valence-electron chi connectivity index (χ1n) is 13.2. The molecule has 4 atom stereocenters. The van der Waals surface area contributed by atoms with Gasteiger partial charge in [0.05, 0.1) is 6.33 Å². The molecule has 3 N–H and O–H groups in total. The summed E-state index contributed by atoms with van der Waals surface area (Å²) in [4.78, 5) is 43.9. The van der Waals surface area contributed by atoms with Crippen LogP contribution in [0, 0.1) is 0 Å². The lowest BCUT2D eigenvalue weighted by atomic mass is 10.1. The number of hydrogen-bond acceptors (Lipinski definition) is 11. The van der Waals surface area contributed by atoms with Crippen molar-refractivity contribution in [2.24, 2.45) is 5.11 Å². The van der Waals surface area contributed by atoms with Crippen LogP contribution in [0.2, 0.25) is 5.02 Å². The predicted molar refractivity (Wildman–Crippen MR) is 149 cm³/mol. The lowest BCUT2D eigenvalue weighted by molar-refractivity contribution is -0.152. The Hall–Kier alpha value is -4.21. The number of anilines is 1. The number of aliphatic hydroxyl groups is 1. The highest BCUT2D eigenvalue weighted by atomic mass is 35.5. The Morgan fingerprint density at radius 3 is 2.76 bits per heavy atom. The molecule has 3 aromatic rings. The molecule has 0 spiro atoms. The number of ether oxygens (including phenoxy) is 2. The number of aliphatic carboxylic acids is 1. The topological polar surface area (TPSA) is 204 Å². The number of carboxylic acids is 1. The Morgan fingerprint density at radius 1 is 1.26 bits per heavy atom. The van der Waals surface area contributed by atoms with E-state index in [-0.39, 0.29) is 24.7 Å². The molecule has 0 saturated carbocycles. The molecule has 0 bridgehead atoms. The zero-order chi connectivity index (χ0) is 29.8. The molecule has 1 amide bonds. The molecule has 4 heterocycles. The predicted octanol–water partition coefficient (Wildman–Crippen LogP) is 1.66. The average molecular weight is 601 g/mol. The van der Waals surface area contributed by atoms with Crippen molar-refractivity contribution in [3.8, 4) is 5.75 Å². The summed E-state index contributed by atoms with van der Waals surface area (Å²) in [7, 11) is 0. The highest BCUT2D eigenvalue weighted by molar-refractivity contribution is 6.30. The molecule has 4 unspecified atom stereocenters. The molecule has 16 nitrogen and oxygen atoms in total. The third kappa shape index (κ3) is 6.03. The van der Waals surface area contributed by atoms with Crippen LogP contribution < -0.4 is 10.1 Å². The van der Waals surface area contributed by atoms with E-state index >= 15 is 0 Å². The first kappa shape index (κ1) is 29.3. The van der Waals surface area contributed by atoms with E-state index in [1.807, 2.05) is 0 Å². The molecule has 0 radical (unpaired) electrons. The molecule has 0 aliphatic carbocycles. The van der Waals surface area contributed by atoms with Gasteiger partial charge in [0, 0.05) is 48.2 Å². The first-order chi connectivity index (χ1) is 20.3. The van der Waals surface area contributed by atoms with Gasteiger partial charge in [0.15, 0.2) is 35.9 Å². The molecule has 2 aliphatic rings. The summed E-state index contributed by atoms with van der Waals surface area (Å²) in [5.41, 5.74) is 10.1. The second kappa shape index (κ2) is 12.8. The Labute approximate surface area is 244 Å². The summed E-state index contributed by atoms with van der Waals surface area (Å²) < 4.78 is 12.8. The van der Waals surface area contributed by atoms with Gasteiger partial charge >= 0.3 is 5.97 Å². The van der Waals surface area contributed by atoms with Crippen molar-refractivity contribution in [2.75, 3.05) is 44.6 Å². The fourth-order valence-corrected chi connectivity index (χ4v) is 5.19. The van der Waals surface area contributed by atoms with Gasteiger partial charge in [-0.1, -0.05) is 23.6 Å². The van der Waals surface area contributed by atoms with Gasteiger partial charge in [0.2, 0.25) is 0 Å². The largest absolute Gasteiger partial charge is 0.483 e. The van der Waals surface area contributed by atoms with E-state index in [2.05, 4.69) is 42.1 Å². The highest BCUT2D eigenvalue weighted by Crippen LogP contribution is 2.34. The number of carboxylic acid groups (broad SMARTS) is 1. The Bertz CT molecular complexity index is 1510. The number of carbonyl (C=O) groups is 2. The molecule has 2 saturated heterocycles. The molecule has 17 heteroatoms. The number of hydrogen-bond donors (Lipinski definition) is 3. The Kier molecular flexibility index (Phi) is 8.89. The lowest BCUT2D eigenvalue weighted by Gasteiger charge is -2.34. The number of halogens is 1. The summed E-state index contributed by atoms with van der Waals surface area (Å²) in [6, 6.07) is 3.75. The normalized spacial score (nSPS) is 22.6. The van der Waals surface area contributed by atoms with E-state index in [9.17, 15) is 19.8 Å². The van der Waals surface area contributed by atoms with Crippen LogP contribution >= 0.6 is 11.6 Å². The molecule has 5 rings (SSSR count). The number of azide groups is 1. The van der Waals surface area contributed by atoms with Gasteiger partial charge in [-0.2, -0.15) is 0 Å². The van der Waals surface area contributed by atoms with Gasteiger partial charge in [-0.25, -0.2) is 19.7 Å². The number of benzene rings is 1. The summed E-state index contributed by atoms with van der Waals surface area (Å²) in [6.07, 6.45) is -1.63. The third-order valence-electron chi connectivity index (χ3n) is 7.29. The van der Waals surface area contributed by atoms with Crippen molar-refractivity contribution < 1.29 is 29.3 Å². The van der Waals surface area contributed by atoms with Crippen LogP contribution in [0.1, 0.15) is 18.7 Å². The smallest absolute Gasteiger partial charge is 0.333 e. The van der Waals surface area contributed by atoms with E-state index in [4.69, 9.17) is 26.6 Å². The minimum atomic E-state index is -1.55. The summed E-state index contributed by atoms with van der Waals surface area (Å²) in [5.74, 6) is -0.652. The maximum atomic E-state index is 12.7. The van der Waals surface area contributed by atoms with E-state index in [0.29, 0.717) is 40.8 Å². The molecule has 222 valence electrons.